The number of rotatable bonds is 1. The molecule has 1 saturated carbocycles. The van der Waals surface area contributed by atoms with E-state index in [2.05, 4.69) is 15.6 Å². The lowest BCUT2D eigenvalue weighted by molar-refractivity contribution is 0.378. The molecule has 0 aliphatic heterocycles. The highest BCUT2D eigenvalue weighted by Gasteiger charge is 2.15. The van der Waals surface area contributed by atoms with E-state index < -0.39 is 0 Å². The Hall–Kier alpha value is -1.51. The van der Waals surface area contributed by atoms with E-state index in [-0.39, 0.29) is 0 Å². The third-order valence-corrected chi connectivity index (χ3v) is 4.07. The molecule has 3 nitrogen and oxygen atoms in total. The zero-order valence-electron chi connectivity index (χ0n) is 10.8. The van der Waals surface area contributed by atoms with Gasteiger partial charge < -0.3 is 10.3 Å². The lowest BCUT2D eigenvalue weighted by atomic mass is 9.96. The fourth-order valence-electron chi connectivity index (χ4n) is 3.05. The molecule has 2 aromatic rings. The van der Waals surface area contributed by atoms with Crippen molar-refractivity contribution in [1.82, 2.24) is 9.55 Å². The Bertz CT molecular complexity index is 522. The molecule has 2 N–H and O–H groups in total. The summed E-state index contributed by atoms with van der Waals surface area (Å²) in [5.41, 5.74) is 8.86. The van der Waals surface area contributed by atoms with Gasteiger partial charge in [-0.1, -0.05) is 32.1 Å². The molecule has 1 aliphatic carbocycles. The summed E-state index contributed by atoms with van der Waals surface area (Å²) in [5.74, 6) is 0. The molecule has 1 aromatic carbocycles. The number of nitrogen functional groups attached to an aromatic ring is 1. The molecular formula is C15H21N3. The maximum atomic E-state index is 5.81. The van der Waals surface area contributed by atoms with Crippen molar-refractivity contribution < 1.29 is 0 Å². The average Bonchev–Trinajstić information content (AvgIpc) is 2.71. The van der Waals surface area contributed by atoms with Gasteiger partial charge in [-0.15, -0.1) is 0 Å². The SMILES string of the molecule is Nc1ccc2c(c1)ncn2C1CCCCCCC1. The van der Waals surface area contributed by atoms with Gasteiger partial charge in [-0.3, -0.25) is 0 Å². The molecule has 96 valence electrons. The highest BCUT2D eigenvalue weighted by molar-refractivity contribution is 5.79. The minimum absolute atomic E-state index is 0.624. The van der Waals surface area contributed by atoms with Crippen LogP contribution >= 0.6 is 0 Å². The normalized spacial score (nSPS) is 18.7. The van der Waals surface area contributed by atoms with E-state index in [1.54, 1.807) is 0 Å². The molecule has 18 heavy (non-hydrogen) atoms. The highest BCUT2D eigenvalue weighted by atomic mass is 15.1. The van der Waals surface area contributed by atoms with E-state index >= 15 is 0 Å². The minimum Gasteiger partial charge on any atom is -0.399 e. The van der Waals surface area contributed by atoms with Crippen molar-refractivity contribution in [3.63, 3.8) is 0 Å². The molecule has 1 aliphatic rings. The zero-order chi connectivity index (χ0) is 12.4. The van der Waals surface area contributed by atoms with E-state index in [0.717, 1.165) is 11.2 Å². The van der Waals surface area contributed by atoms with Crippen molar-refractivity contribution in [2.75, 3.05) is 5.73 Å². The number of nitrogens with two attached hydrogens (primary N) is 1. The third-order valence-electron chi connectivity index (χ3n) is 4.07. The Kier molecular flexibility index (Phi) is 3.22. The van der Waals surface area contributed by atoms with Crippen LogP contribution in [0.15, 0.2) is 24.5 Å². The van der Waals surface area contributed by atoms with Gasteiger partial charge in [0.1, 0.15) is 0 Å². The van der Waals surface area contributed by atoms with Gasteiger partial charge in [-0.2, -0.15) is 0 Å². The number of nitrogens with zero attached hydrogens (tertiary/aromatic N) is 2. The molecule has 1 heterocycles. The van der Waals surface area contributed by atoms with Crippen LogP contribution in [-0.2, 0) is 0 Å². The third kappa shape index (κ3) is 2.22. The van der Waals surface area contributed by atoms with Gasteiger partial charge in [-0.05, 0) is 31.0 Å². The summed E-state index contributed by atoms with van der Waals surface area (Å²) in [4.78, 5) is 4.49. The Labute approximate surface area is 108 Å². The molecule has 3 heteroatoms. The van der Waals surface area contributed by atoms with Crippen LogP contribution in [-0.4, -0.2) is 9.55 Å². The van der Waals surface area contributed by atoms with Gasteiger partial charge in [0.15, 0.2) is 0 Å². The molecule has 0 bridgehead atoms. The lowest BCUT2D eigenvalue weighted by Gasteiger charge is -2.21. The van der Waals surface area contributed by atoms with Gasteiger partial charge in [0.05, 0.1) is 17.4 Å². The maximum absolute atomic E-state index is 5.81. The number of fused-ring (bicyclic) bond motifs is 1. The molecule has 0 saturated heterocycles. The van der Waals surface area contributed by atoms with E-state index in [4.69, 9.17) is 5.73 Å². The second-order valence-corrected chi connectivity index (χ2v) is 5.40. The van der Waals surface area contributed by atoms with Gasteiger partial charge in [0.2, 0.25) is 0 Å². The predicted molar refractivity (Wildman–Crippen MR) is 75.5 cm³/mol. The van der Waals surface area contributed by atoms with Crippen LogP contribution in [0.5, 0.6) is 0 Å². The first-order valence-electron chi connectivity index (χ1n) is 7.07. The predicted octanol–water partition coefficient (Wildman–Crippen LogP) is 3.90. The quantitative estimate of drug-likeness (QED) is 0.772. The molecule has 1 fully saturated rings. The molecule has 0 unspecified atom stereocenters. The number of hydrogen-bond acceptors (Lipinski definition) is 2. The average molecular weight is 243 g/mol. The van der Waals surface area contributed by atoms with Crippen LogP contribution in [0.3, 0.4) is 0 Å². The number of aromatic nitrogens is 2. The number of benzene rings is 1. The number of hydrogen-bond donors (Lipinski definition) is 1. The summed E-state index contributed by atoms with van der Waals surface area (Å²) in [7, 11) is 0. The summed E-state index contributed by atoms with van der Waals surface area (Å²) in [6.07, 6.45) is 11.4. The Morgan fingerprint density at radius 3 is 2.56 bits per heavy atom. The van der Waals surface area contributed by atoms with Gasteiger partial charge in [0.25, 0.3) is 0 Å². The van der Waals surface area contributed by atoms with Crippen LogP contribution in [0, 0.1) is 0 Å². The fourth-order valence-corrected chi connectivity index (χ4v) is 3.05. The van der Waals surface area contributed by atoms with Crippen molar-refractivity contribution in [1.29, 1.82) is 0 Å². The standard InChI is InChI=1S/C15H21N3/c16-12-8-9-15-14(10-12)17-11-18(15)13-6-4-2-1-3-5-7-13/h8-11,13H,1-7,16H2. The van der Waals surface area contributed by atoms with Gasteiger partial charge in [0, 0.05) is 11.7 Å². The molecular weight excluding hydrogens is 222 g/mol. The van der Waals surface area contributed by atoms with Crippen molar-refractivity contribution in [3.8, 4) is 0 Å². The van der Waals surface area contributed by atoms with Gasteiger partial charge >= 0.3 is 0 Å². The van der Waals surface area contributed by atoms with Gasteiger partial charge in [-0.25, -0.2) is 4.98 Å². The molecule has 3 rings (SSSR count). The van der Waals surface area contributed by atoms with Crippen LogP contribution in [0.2, 0.25) is 0 Å². The van der Waals surface area contributed by atoms with E-state index in [0.29, 0.717) is 6.04 Å². The molecule has 1 aromatic heterocycles. The van der Waals surface area contributed by atoms with Crippen molar-refractivity contribution >= 4 is 16.7 Å². The van der Waals surface area contributed by atoms with Crippen molar-refractivity contribution in [2.24, 2.45) is 0 Å². The minimum atomic E-state index is 0.624. The molecule has 0 radical (unpaired) electrons. The first kappa shape index (κ1) is 11.6. The topological polar surface area (TPSA) is 43.8 Å². The second-order valence-electron chi connectivity index (χ2n) is 5.40. The Morgan fingerprint density at radius 1 is 1.06 bits per heavy atom. The first-order chi connectivity index (χ1) is 8.84. The van der Waals surface area contributed by atoms with Crippen molar-refractivity contribution in [2.45, 2.75) is 51.0 Å². The van der Waals surface area contributed by atoms with Crippen LogP contribution in [0.4, 0.5) is 5.69 Å². The van der Waals surface area contributed by atoms with Crippen molar-refractivity contribution in [3.05, 3.63) is 24.5 Å². The van der Waals surface area contributed by atoms with Crippen LogP contribution < -0.4 is 5.73 Å². The maximum Gasteiger partial charge on any atom is 0.0960 e. The molecule has 0 atom stereocenters. The summed E-state index contributed by atoms with van der Waals surface area (Å²) < 4.78 is 2.36. The van der Waals surface area contributed by atoms with E-state index in [9.17, 15) is 0 Å². The summed E-state index contributed by atoms with van der Waals surface area (Å²) in [5, 5.41) is 0. The lowest BCUT2D eigenvalue weighted by Crippen LogP contribution is -2.09. The Balaban J connectivity index is 1.92. The monoisotopic (exact) mass is 243 g/mol. The van der Waals surface area contributed by atoms with E-state index in [1.807, 2.05) is 18.5 Å². The zero-order valence-corrected chi connectivity index (χ0v) is 10.8. The second kappa shape index (κ2) is 5.01. The smallest absolute Gasteiger partial charge is 0.0960 e. The molecule has 0 amide bonds. The van der Waals surface area contributed by atoms with Crippen LogP contribution in [0.25, 0.3) is 11.0 Å². The first-order valence-corrected chi connectivity index (χ1v) is 7.07. The summed E-state index contributed by atoms with van der Waals surface area (Å²) in [6, 6.07) is 6.67. The number of anilines is 1. The number of imidazole rings is 1. The Morgan fingerprint density at radius 2 is 1.78 bits per heavy atom. The fraction of sp³-hybridized carbons (Fsp3) is 0.533. The summed E-state index contributed by atoms with van der Waals surface area (Å²) >= 11 is 0. The highest BCUT2D eigenvalue weighted by Crippen LogP contribution is 2.29. The summed E-state index contributed by atoms with van der Waals surface area (Å²) in [6.45, 7) is 0. The van der Waals surface area contributed by atoms with Crippen LogP contribution in [0.1, 0.15) is 51.0 Å². The van der Waals surface area contributed by atoms with E-state index in [1.165, 1.54) is 50.5 Å². The molecule has 0 spiro atoms. The largest absolute Gasteiger partial charge is 0.399 e.